The van der Waals surface area contributed by atoms with Crippen molar-refractivity contribution in [3.05, 3.63) is 102 Å². The molecule has 12 heterocycles. The Morgan fingerprint density at radius 3 is 1.29 bits per heavy atom. The van der Waals surface area contributed by atoms with E-state index in [9.17, 15) is 8.78 Å². The van der Waals surface area contributed by atoms with E-state index in [0.29, 0.717) is 125 Å². The lowest BCUT2D eigenvalue weighted by Gasteiger charge is -2.40. The first-order valence-electron chi connectivity index (χ1n) is 33.8. The van der Waals surface area contributed by atoms with E-state index in [-0.39, 0.29) is 34.5 Å². The van der Waals surface area contributed by atoms with Crippen LogP contribution in [0.4, 0.5) is 24.8 Å². The topological polar surface area (TPSA) is 247 Å². The van der Waals surface area contributed by atoms with Gasteiger partial charge in [0.05, 0.1) is 43.6 Å². The van der Waals surface area contributed by atoms with Crippen molar-refractivity contribution in [2.24, 2.45) is 0 Å². The highest BCUT2D eigenvalue weighted by Crippen LogP contribution is 2.43. The largest absolute Gasteiger partial charge is 0.497 e. The van der Waals surface area contributed by atoms with E-state index in [2.05, 4.69) is 119 Å². The van der Waals surface area contributed by atoms with Crippen molar-refractivity contribution in [1.29, 1.82) is 0 Å². The van der Waals surface area contributed by atoms with E-state index >= 15 is 4.39 Å². The maximum absolute atomic E-state index is 15.1. The maximum atomic E-state index is 15.1. The molecule has 0 radical (unpaired) electrons. The average Bonchev–Trinajstić information content (AvgIpc) is 1.06. The summed E-state index contributed by atoms with van der Waals surface area (Å²) in [5.74, 6) is 3.32. The Labute approximate surface area is 589 Å². The lowest BCUT2D eigenvalue weighted by molar-refractivity contribution is 0.185. The van der Waals surface area contributed by atoms with Crippen LogP contribution >= 0.6 is 43.5 Å². The zero-order valence-electron chi connectivity index (χ0n) is 56.9. The number of aromatic nitrogens is 9. The molecule has 6 saturated heterocycles. The van der Waals surface area contributed by atoms with Gasteiger partial charge in [-0.3, -0.25) is 0 Å². The molecule has 6 aliphatic rings. The fourth-order valence-corrected chi connectivity index (χ4v) is 15.5. The highest BCUT2D eigenvalue weighted by molar-refractivity contribution is 9.10. The minimum atomic E-state index is -0.437. The molecule has 9 aromatic rings. The van der Waals surface area contributed by atoms with Gasteiger partial charge in [0.1, 0.15) is 39.1 Å². The number of hydrogen-bond donors (Lipinski definition) is 4. The molecule has 4 N–H and O–H groups in total. The number of pyridine rings is 3. The second kappa shape index (κ2) is 31.6. The van der Waals surface area contributed by atoms with Crippen LogP contribution < -0.4 is 35.8 Å². The lowest BCUT2D eigenvalue weighted by atomic mass is 9.95. The van der Waals surface area contributed by atoms with E-state index in [0.717, 1.165) is 131 Å². The third-order valence-electron chi connectivity index (χ3n) is 19.3. The van der Waals surface area contributed by atoms with Gasteiger partial charge in [0.2, 0.25) is 0 Å². The molecule has 0 unspecified atom stereocenters. The molecule has 15 rings (SSSR count). The van der Waals surface area contributed by atoms with Crippen molar-refractivity contribution in [3.63, 3.8) is 0 Å². The molecule has 524 valence electrons. The number of anilines is 2. The number of ether oxygens (including phenoxy) is 4. The number of benzene rings is 3. The number of hydrogen-bond acceptors (Lipinski definition) is 22. The van der Waals surface area contributed by atoms with Gasteiger partial charge in [-0.15, -0.1) is 0 Å². The van der Waals surface area contributed by atoms with Crippen molar-refractivity contribution in [1.82, 2.24) is 66.6 Å². The fourth-order valence-electron chi connectivity index (χ4n) is 14.3. The number of aryl methyl sites for hydroxylation is 6. The highest BCUT2D eigenvalue weighted by Gasteiger charge is 2.36. The van der Waals surface area contributed by atoms with Crippen molar-refractivity contribution in [2.45, 2.75) is 174 Å². The quantitative estimate of drug-likeness (QED) is 0.0830. The second-order valence-corrected chi connectivity index (χ2v) is 28.8. The van der Waals surface area contributed by atoms with Gasteiger partial charge in [0.15, 0.2) is 34.9 Å². The summed E-state index contributed by atoms with van der Waals surface area (Å²) in [5.41, 5.74) is 5.40. The Bertz CT molecular complexity index is 4280. The van der Waals surface area contributed by atoms with Gasteiger partial charge >= 0.3 is 0 Å². The Balaban J connectivity index is 0.000000131. The van der Waals surface area contributed by atoms with Crippen molar-refractivity contribution < 1.29 is 45.7 Å². The molecule has 98 heavy (non-hydrogen) atoms. The van der Waals surface area contributed by atoms with Crippen LogP contribution in [-0.4, -0.2) is 166 Å². The summed E-state index contributed by atoms with van der Waals surface area (Å²) in [6.07, 6.45) is 9.72. The Kier molecular flexibility index (Phi) is 23.0. The number of nitrogens with zero attached hydrogens (tertiary/aromatic N) is 11. The first kappa shape index (κ1) is 71.3. The number of halogens is 6. The molecule has 28 heteroatoms. The van der Waals surface area contributed by atoms with Gasteiger partial charge in [-0.2, -0.15) is 15.0 Å². The zero-order chi connectivity index (χ0) is 69.1. The Morgan fingerprint density at radius 2 is 0.898 bits per heavy atom. The van der Waals surface area contributed by atoms with E-state index < -0.39 is 11.6 Å². The number of rotatable bonds is 12. The van der Waals surface area contributed by atoms with Gasteiger partial charge in [0.25, 0.3) is 17.7 Å². The number of fused-ring (bicyclic) bond motifs is 3. The summed E-state index contributed by atoms with van der Waals surface area (Å²) < 4.78 is 83.1. The monoisotopic (exact) mass is 1500 g/mol. The van der Waals surface area contributed by atoms with Crippen LogP contribution in [0.25, 0.3) is 67.1 Å². The number of methoxy groups -OCH3 is 1. The Hall–Kier alpha value is -6.53. The molecule has 6 aliphatic heterocycles. The SMILES string of the molecule is COc1cc(F)c2nc(N3CC[C@H](N[C@H]4CCOC4)C[C@@H]3C)c(-c3nc(C)no3)c(C)c2c1.C[C@H]1C[C@@H](N[C@H]2CCOC2)CCN1.Cc1noc(-c2c(Cl)nc3c(F)cc(Br)cc3c2C)n1.Cc1noc(-c2c(N3CC[C@H](N[C@H]4CCOC4)C[C@@H]3C)nc3c(F)cc(Br)cc3c2C)n1. The fraction of sp³-hybridized carbons (Fsp3) is 0.529. The predicted octanol–water partition coefficient (Wildman–Crippen LogP) is 13.3. The molecule has 0 amide bonds. The van der Waals surface area contributed by atoms with Crippen LogP contribution in [-0.2, 0) is 14.2 Å². The molecule has 3 aromatic carbocycles. The van der Waals surface area contributed by atoms with Crippen LogP contribution in [0.15, 0.2) is 58.9 Å². The summed E-state index contributed by atoms with van der Waals surface area (Å²) in [6, 6.07) is 13.8. The van der Waals surface area contributed by atoms with E-state index in [1.54, 1.807) is 32.9 Å². The number of nitrogens with one attached hydrogen (secondary N) is 4. The minimum Gasteiger partial charge on any atom is -0.497 e. The van der Waals surface area contributed by atoms with Crippen LogP contribution in [0, 0.1) is 59.0 Å². The molecule has 9 atom stereocenters. The summed E-state index contributed by atoms with van der Waals surface area (Å²) >= 11 is 12.8. The molecule has 0 spiro atoms. The van der Waals surface area contributed by atoms with Gasteiger partial charge in [-0.05, 0) is 174 Å². The van der Waals surface area contributed by atoms with E-state index in [4.69, 9.17) is 54.1 Å². The summed E-state index contributed by atoms with van der Waals surface area (Å²) in [4.78, 5) is 31.4. The molecular weight excluding hydrogens is 1420 g/mol. The van der Waals surface area contributed by atoms with Crippen LogP contribution in [0.1, 0.15) is 113 Å². The molecule has 0 bridgehead atoms. The van der Waals surface area contributed by atoms with Crippen molar-refractivity contribution >= 4 is 87.8 Å². The molecule has 6 fully saturated rings. The lowest BCUT2D eigenvalue weighted by Crippen LogP contribution is -2.50. The summed E-state index contributed by atoms with van der Waals surface area (Å²) in [7, 11) is 1.53. The predicted molar refractivity (Wildman–Crippen MR) is 378 cm³/mol. The van der Waals surface area contributed by atoms with Gasteiger partial charge in [-0.25, -0.2) is 28.1 Å². The minimum absolute atomic E-state index is 0.139. The van der Waals surface area contributed by atoms with E-state index in [1.807, 2.05) is 26.8 Å². The molecular formula is C70H85Br2ClF3N15O7. The van der Waals surface area contributed by atoms with Crippen molar-refractivity contribution in [3.8, 4) is 40.1 Å². The van der Waals surface area contributed by atoms with E-state index in [1.165, 1.54) is 44.6 Å². The third kappa shape index (κ3) is 16.3. The van der Waals surface area contributed by atoms with Gasteiger partial charge in [-0.1, -0.05) is 58.9 Å². The number of piperidine rings is 3. The summed E-state index contributed by atoms with van der Waals surface area (Å²) in [6.45, 7) is 25.5. The smallest absolute Gasteiger partial charge is 0.261 e. The Morgan fingerprint density at radius 1 is 0.500 bits per heavy atom. The normalized spacial score (nSPS) is 23.4. The third-order valence-corrected chi connectivity index (χ3v) is 20.5. The van der Waals surface area contributed by atoms with Crippen LogP contribution in [0.5, 0.6) is 5.75 Å². The van der Waals surface area contributed by atoms with Gasteiger partial charge < -0.3 is 63.6 Å². The zero-order valence-corrected chi connectivity index (χ0v) is 60.9. The first-order valence-corrected chi connectivity index (χ1v) is 35.7. The highest BCUT2D eigenvalue weighted by atomic mass is 79.9. The average molecular weight is 1500 g/mol. The molecule has 6 aromatic heterocycles. The standard InChI is InChI=1S/C24H30FN5O3.C23H27BrFN5O2.C13H8BrClFN3O.C10H20N2O/c1-13-9-16(27-17-6-8-32-12-17)5-7-30(13)23-21(24-26-15(3)29-33-24)14(2)19-10-18(31-4)11-20(25)22(19)28-23;1-12-8-16(27-17-5-7-31-11-17)4-6-30(12)22-20(23-26-14(3)29-32-23)13(2)18-9-15(24)10-19(25)21(18)28-22;1-5-8-3-7(14)4-9(16)11(8)18-12(15)10(5)13-17-6(2)19-20-13;1-8-6-9(2-4-11-8)12-10-3-5-13-7-10/h10-11,13,16-17,27H,5-9,12H2,1-4H3;9-10,12,16-17,27H,4-8,11H2,1-3H3;3-4H,1-2H3;8-12H,2-7H2,1H3/t13-,16-,17-;12-,16-,17-;;8-,9-,10-/m00.0/s1. The van der Waals surface area contributed by atoms with Crippen LogP contribution in [0.3, 0.4) is 0 Å². The maximum Gasteiger partial charge on any atom is 0.261 e. The van der Waals surface area contributed by atoms with Crippen molar-refractivity contribution in [2.75, 3.05) is 76.2 Å². The molecule has 22 nitrogen and oxygen atoms in total. The van der Waals surface area contributed by atoms with Crippen LogP contribution in [0.2, 0.25) is 5.15 Å². The molecule has 0 aliphatic carbocycles. The van der Waals surface area contributed by atoms with Gasteiger partial charge in [0, 0.05) is 118 Å². The summed E-state index contributed by atoms with van der Waals surface area (Å²) in [5, 5.41) is 28.5. The first-order chi connectivity index (χ1) is 47.2. The molecule has 0 saturated carbocycles. The second-order valence-electron chi connectivity index (χ2n) is 26.6.